The number of methoxy groups -OCH3 is 1. The Morgan fingerprint density at radius 1 is 1.19 bits per heavy atom. The Labute approximate surface area is 127 Å². The Morgan fingerprint density at radius 3 is 2.48 bits per heavy atom. The van der Waals surface area contributed by atoms with Crippen molar-refractivity contribution in [2.24, 2.45) is 0 Å². The zero-order valence-corrected chi connectivity index (χ0v) is 14.0. The van der Waals surface area contributed by atoms with Gasteiger partial charge >= 0.3 is 0 Å². The molecule has 0 aliphatic heterocycles. The van der Waals surface area contributed by atoms with E-state index in [2.05, 4.69) is 52.1 Å². The van der Waals surface area contributed by atoms with E-state index in [9.17, 15) is 0 Å². The van der Waals surface area contributed by atoms with Gasteiger partial charge in [0.1, 0.15) is 11.3 Å². The van der Waals surface area contributed by atoms with E-state index in [0.29, 0.717) is 18.6 Å². The lowest BCUT2D eigenvalue weighted by atomic mass is 9.94. The van der Waals surface area contributed by atoms with Crippen LogP contribution in [0.2, 0.25) is 0 Å². The van der Waals surface area contributed by atoms with Crippen LogP contribution in [0, 0.1) is 6.92 Å². The van der Waals surface area contributed by atoms with Gasteiger partial charge in [-0.3, -0.25) is 0 Å². The van der Waals surface area contributed by atoms with Gasteiger partial charge in [-0.2, -0.15) is 0 Å². The minimum Gasteiger partial charge on any atom is -0.459 e. The lowest BCUT2D eigenvalue weighted by Crippen LogP contribution is -2.22. The summed E-state index contributed by atoms with van der Waals surface area (Å²) in [6.07, 6.45) is 0. The molecule has 1 heterocycles. The smallest absolute Gasteiger partial charge is 0.137 e. The number of furan rings is 1. The summed E-state index contributed by atoms with van der Waals surface area (Å²) in [6, 6.07) is 4.80. The number of aryl methyl sites for hydroxylation is 1. The van der Waals surface area contributed by atoms with Gasteiger partial charge in [-0.15, -0.1) is 0 Å². The number of hydrogen-bond donors (Lipinski definition) is 1. The van der Waals surface area contributed by atoms with E-state index < -0.39 is 0 Å². The third-order valence-corrected chi connectivity index (χ3v) is 3.83. The highest BCUT2D eigenvalue weighted by atomic mass is 16.5. The SMILES string of the molecule is COCc1c(CNC(C)C)oc2c(C)ccc(C(C)C)c12. The van der Waals surface area contributed by atoms with Crippen molar-refractivity contribution >= 4 is 11.0 Å². The fourth-order valence-corrected chi connectivity index (χ4v) is 2.69. The van der Waals surface area contributed by atoms with Gasteiger partial charge in [-0.1, -0.05) is 39.8 Å². The minimum atomic E-state index is 0.430. The molecule has 2 rings (SSSR count). The van der Waals surface area contributed by atoms with Gasteiger partial charge in [0.2, 0.25) is 0 Å². The molecule has 1 aromatic carbocycles. The summed E-state index contributed by atoms with van der Waals surface area (Å²) in [5.41, 5.74) is 4.71. The lowest BCUT2D eigenvalue weighted by molar-refractivity contribution is 0.183. The van der Waals surface area contributed by atoms with Gasteiger partial charge < -0.3 is 14.5 Å². The fraction of sp³-hybridized carbons (Fsp3) is 0.556. The summed E-state index contributed by atoms with van der Waals surface area (Å²) in [6.45, 7) is 12.2. The molecular weight excluding hydrogens is 262 g/mol. The van der Waals surface area contributed by atoms with Gasteiger partial charge in [-0.25, -0.2) is 0 Å². The fourth-order valence-electron chi connectivity index (χ4n) is 2.69. The van der Waals surface area contributed by atoms with Crippen LogP contribution < -0.4 is 5.32 Å². The van der Waals surface area contributed by atoms with Crippen LogP contribution in [0.15, 0.2) is 16.5 Å². The number of hydrogen-bond acceptors (Lipinski definition) is 3. The zero-order valence-electron chi connectivity index (χ0n) is 14.0. The molecule has 0 saturated heterocycles. The van der Waals surface area contributed by atoms with Crippen LogP contribution in [-0.4, -0.2) is 13.2 Å². The molecule has 0 spiro atoms. The van der Waals surface area contributed by atoms with E-state index >= 15 is 0 Å². The van der Waals surface area contributed by atoms with Crippen molar-refractivity contribution in [1.82, 2.24) is 5.32 Å². The number of rotatable bonds is 6. The van der Waals surface area contributed by atoms with Gasteiger partial charge in [0, 0.05) is 24.1 Å². The summed E-state index contributed by atoms with van der Waals surface area (Å²) in [7, 11) is 1.74. The quantitative estimate of drug-likeness (QED) is 0.849. The Balaban J connectivity index is 2.61. The predicted molar refractivity (Wildman–Crippen MR) is 87.7 cm³/mol. The third kappa shape index (κ3) is 3.30. The number of ether oxygens (including phenoxy) is 1. The number of nitrogens with one attached hydrogen (secondary N) is 1. The largest absolute Gasteiger partial charge is 0.459 e. The van der Waals surface area contributed by atoms with Gasteiger partial charge in [0.15, 0.2) is 0 Å². The van der Waals surface area contributed by atoms with E-state index in [1.54, 1.807) is 7.11 Å². The Morgan fingerprint density at radius 2 is 1.90 bits per heavy atom. The molecule has 1 N–H and O–H groups in total. The van der Waals surface area contributed by atoms with Crippen molar-refractivity contribution in [1.29, 1.82) is 0 Å². The third-order valence-electron chi connectivity index (χ3n) is 3.83. The van der Waals surface area contributed by atoms with Crippen LogP contribution in [-0.2, 0) is 17.9 Å². The first-order valence-electron chi connectivity index (χ1n) is 7.71. The summed E-state index contributed by atoms with van der Waals surface area (Å²) >= 11 is 0. The Hall–Kier alpha value is -1.32. The average Bonchev–Trinajstić information content (AvgIpc) is 2.77. The van der Waals surface area contributed by atoms with Crippen molar-refractivity contribution in [3.8, 4) is 0 Å². The first-order chi connectivity index (χ1) is 9.95. The molecule has 116 valence electrons. The summed E-state index contributed by atoms with van der Waals surface area (Å²) in [5.74, 6) is 1.46. The minimum absolute atomic E-state index is 0.430. The maximum atomic E-state index is 6.18. The molecular formula is C18H27NO2. The van der Waals surface area contributed by atoms with Crippen LogP contribution in [0.1, 0.15) is 56.1 Å². The second kappa shape index (κ2) is 6.63. The van der Waals surface area contributed by atoms with Crippen LogP contribution in [0.4, 0.5) is 0 Å². The van der Waals surface area contributed by atoms with Crippen LogP contribution in [0.5, 0.6) is 0 Å². The van der Waals surface area contributed by atoms with Crippen LogP contribution >= 0.6 is 0 Å². The zero-order chi connectivity index (χ0) is 15.6. The standard InChI is InChI=1S/C18H27NO2/c1-11(2)14-8-7-13(5)18-17(14)15(10-20-6)16(21-18)9-19-12(3)4/h7-8,11-12,19H,9-10H2,1-6H3. The second-order valence-corrected chi connectivity index (χ2v) is 6.30. The topological polar surface area (TPSA) is 34.4 Å². The Bertz CT molecular complexity index is 611. The normalized spacial score (nSPS) is 12.0. The molecule has 0 atom stereocenters. The molecule has 21 heavy (non-hydrogen) atoms. The molecule has 0 radical (unpaired) electrons. The van der Waals surface area contributed by atoms with Crippen molar-refractivity contribution in [3.63, 3.8) is 0 Å². The van der Waals surface area contributed by atoms with E-state index in [4.69, 9.17) is 9.15 Å². The molecule has 1 aromatic heterocycles. The molecule has 3 nitrogen and oxygen atoms in total. The van der Waals surface area contributed by atoms with Crippen molar-refractivity contribution < 1.29 is 9.15 Å². The highest BCUT2D eigenvalue weighted by molar-refractivity contribution is 5.88. The molecule has 0 aliphatic rings. The molecule has 2 aromatic rings. The second-order valence-electron chi connectivity index (χ2n) is 6.30. The predicted octanol–water partition coefficient (Wildman–Crippen LogP) is 4.51. The molecule has 0 fully saturated rings. The van der Waals surface area contributed by atoms with E-state index in [1.807, 2.05) is 0 Å². The maximum absolute atomic E-state index is 6.18. The maximum Gasteiger partial charge on any atom is 0.137 e. The first kappa shape index (κ1) is 16.1. The monoisotopic (exact) mass is 289 g/mol. The highest BCUT2D eigenvalue weighted by Gasteiger charge is 2.19. The number of benzene rings is 1. The van der Waals surface area contributed by atoms with Crippen molar-refractivity contribution in [3.05, 3.63) is 34.6 Å². The lowest BCUT2D eigenvalue weighted by Gasteiger charge is -2.10. The van der Waals surface area contributed by atoms with E-state index in [1.165, 1.54) is 22.1 Å². The van der Waals surface area contributed by atoms with Crippen LogP contribution in [0.3, 0.4) is 0 Å². The molecule has 0 amide bonds. The number of fused-ring (bicyclic) bond motifs is 1. The average molecular weight is 289 g/mol. The summed E-state index contributed by atoms with van der Waals surface area (Å²) in [4.78, 5) is 0. The summed E-state index contributed by atoms with van der Waals surface area (Å²) < 4.78 is 11.6. The molecule has 0 aliphatic carbocycles. The van der Waals surface area contributed by atoms with Gasteiger partial charge in [0.25, 0.3) is 0 Å². The highest BCUT2D eigenvalue weighted by Crippen LogP contribution is 2.35. The molecule has 0 saturated carbocycles. The van der Waals surface area contributed by atoms with Crippen molar-refractivity contribution in [2.75, 3.05) is 7.11 Å². The Kier molecular flexibility index (Phi) is 5.07. The first-order valence-corrected chi connectivity index (χ1v) is 7.71. The van der Waals surface area contributed by atoms with Gasteiger partial charge in [-0.05, 0) is 24.0 Å². The van der Waals surface area contributed by atoms with Crippen molar-refractivity contribution in [2.45, 2.75) is 59.7 Å². The van der Waals surface area contributed by atoms with E-state index in [0.717, 1.165) is 17.9 Å². The van der Waals surface area contributed by atoms with Gasteiger partial charge in [0.05, 0.1) is 13.2 Å². The summed E-state index contributed by atoms with van der Waals surface area (Å²) in [5, 5.41) is 4.68. The molecule has 0 unspecified atom stereocenters. The molecule has 0 bridgehead atoms. The molecule has 3 heteroatoms. The van der Waals surface area contributed by atoms with E-state index in [-0.39, 0.29) is 0 Å². The van der Waals surface area contributed by atoms with Crippen LogP contribution in [0.25, 0.3) is 11.0 Å².